The van der Waals surface area contributed by atoms with Crippen LogP contribution in [0.4, 0.5) is 11.7 Å². The van der Waals surface area contributed by atoms with E-state index in [2.05, 4.69) is 24.1 Å². The van der Waals surface area contributed by atoms with E-state index >= 15 is 0 Å². The third-order valence-electron chi connectivity index (χ3n) is 5.99. The Morgan fingerprint density at radius 3 is 2.41 bits per heavy atom. The zero-order valence-corrected chi connectivity index (χ0v) is 18.6. The van der Waals surface area contributed by atoms with E-state index in [-0.39, 0.29) is 24.4 Å². The molecule has 0 aliphatic carbocycles. The van der Waals surface area contributed by atoms with Crippen molar-refractivity contribution in [3.8, 4) is 0 Å². The number of aryl methyl sites for hydroxylation is 2. The summed E-state index contributed by atoms with van der Waals surface area (Å²) in [4.78, 5) is 31.5. The first-order valence-corrected chi connectivity index (χ1v) is 11.3. The molecule has 7 nitrogen and oxygen atoms in total. The van der Waals surface area contributed by atoms with Crippen molar-refractivity contribution in [1.82, 2.24) is 4.98 Å². The van der Waals surface area contributed by atoms with Crippen LogP contribution in [0.15, 0.2) is 46.9 Å². The Morgan fingerprint density at radius 2 is 1.75 bits per heavy atom. The maximum absolute atomic E-state index is 12.5. The molecule has 1 aromatic heterocycles. The Hall–Kier alpha value is -3.35. The second-order valence-electron chi connectivity index (χ2n) is 8.04. The number of hydrogen-bond donors (Lipinski definition) is 1. The number of para-hydroxylation sites is 3. The first-order chi connectivity index (χ1) is 15.6. The van der Waals surface area contributed by atoms with Crippen molar-refractivity contribution in [2.75, 3.05) is 29.9 Å². The van der Waals surface area contributed by atoms with Gasteiger partial charge in [0.25, 0.3) is 11.9 Å². The van der Waals surface area contributed by atoms with Crippen LogP contribution in [0, 0.1) is 5.92 Å². The minimum atomic E-state index is -0.322. The SMILES string of the molecule is CCc1cccc(CC)c1NC(=O)COC(=O)C1CCN(c2nc3ccccc3o2)CC1. The van der Waals surface area contributed by atoms with E-state index in [0.717, 1.165) is 40.8 Å². The Labute approximate surface area is 187 Å². The quantitative estimate of drug-likeness (QED) is 0.556. The molecule has 1 fully saturated rings. The number of carbonyl (C=O) groups excluding carboxylic acids is 2. The number of carbonyl (C=O) groups is 2. The van der Waals surface area contributed by atoms with Gasteiger partial charge in [-0.05, 0) is 48.9 Å². The third kappa shape index (κ3) is 4.77. The number of amides is 1. The monoisotopic (exact) mass is 435 g/mol. The summed E-state index contributed by atoms with van der Waals surface area (Å²) in [5.41, 5.74) is 4.58. The van der Waals surface area contributed by atoms with Gasteiger partial charge in [0.1, 0.15) is 5.52 Å². The molecule has 0 radical (unpaired) electrons. The van der Waals surface area contributed by atoms with Gasteiger partial charge in [-0.3, -0.25) is 9.59 Å². The van der Waals surface area contributed by atoms with E-state index in [4.69, 9.17) is 9.15 Å². The van der Waals surface area contributed by atoms with Crippen molar-refractivity contribution in [2.45, 2.75) is 39.5 Å². The van der Waals surface area contributed by atoms with Gasteiger partial charge in [-0.2, -0.15) is 4.98 Å². The normalized spacial score (nSPS) is 14.5. The molecule has 1 aliphatic heterocycles. The number of nitrogens with one attached hydrogen (secondary N) is 1. The molecule has 1 saturated heterocycles. The summed E-state index contributed by atoms with van der Waals surface area (Å²) in [5, 5.41) is 2.94. The highest BCUT2D eigenvalue weighted by Crippen LogP contribution is 2.27. The molecule has 1 N–H and O–H groups in total. The summed E-state index contributed by atoms with van der Waals surface area (Å²) in [6.07, 6.45) is 2.92. The van der Waals surface area contributed by atoms with Gasteiger partial charge >= 0.3 is 5.97 Å². The highest BCUT2D eigenvalue weighted by Gasteiger charge is 2.28. The first kappa shape index (κ1) is 21.9. The van der Waals surface area contributed by atoms with Crippen LogP contribution >= 0.6 is 0 Å². The van der Waals surface area contributed by atoms with Gasteiger partial charge in [0.2, 0.25) is 0 Å². The maximum atomic E-state index is 12.5. The van der Waals surface area contributed by atoms with Crippen molar-refractivity contribution >= 4 is 34.7 Å². The number of esters is 1. The number of piperidine rings is 1. The van der Waals surface area contributed by atoms with Crippen LogP contribution in [0.25, 0.3) is 11.1 Å². The van der Waals surface area contributed by atoms with E-state index in [1.807, 2.05) is 47.4 Å². The summed E-state index contributed by atoms with van der Waals surface area (Å²) in [5.74, 6) is -0.854. The number of nitrogens with zero attached hydrogens (tertiary/aromatic N) is 2. The lowest BCUT2D eigenvalue weighted by Gasteiger charge is -2.29. The second-order valence-corrected chi connectivity index (χ2v) is 8.04. The van der Waals surface area contributed by atoms with Crippen LogP contribution in [-0.2, 0) is 27.2 Å². The smallest absolute Gasteiger partial charge is 0.309 e. The molecule has 4 rings (SSSR count). The molecule has 0 spiro atoms. The van der Waals surface area contributed by atoms with Crippen LogP contribution in [-0.4, -0.2) is 36.6 Å². The second kappa shape index (κ2) is 9.85. The predicted octanol–water partition coefficient (Wildman–Crippen LogP) is 4.35. The molecular weight excluding hydrogens is 406 g/mol. The molecule has 1 amide bonds. The Kier molecular flexibility index (Phi) is 6.73. The van der Waals surface area contributed by atoms with Crippen LogP contribution in [0.5, 0.6) is 0 Å². The molecule has 0 atom stereocenters. The van der Waals surface area contributed by atoms with Crippen molar-refractivity contribution in [3.63, 3.8) is 0 Å². The summed E-state index contributed by atoms with van der Waals surface area (Å²) in [6.45, 7) is 5.14. The number of aromatic nitrogens is 1. The number of oxazole rings is 1. The van der Waals surface area contributed by atoms with Gasteiger partial charge in [-0.15, -0.1) is 0 Å². The molecule has 2 heterocycles. The highest BCUT2D eigenvalue weighted by atomic mass is 16.5. The molecule has 0 unspecified atom stereocenters. The zero-order chi connectivity index (χ0) is 22.5. The molecule has 2 aromatic carbocycles. The van der Waals surface area contributed by atoms with Gasteiger partial charge in [0.15, 0.2) is 12.2 Å². The van der Waals surface area contributed by atoms with Crippen molar-refractivity contribution in [3.05, 3.63) is 53.6 Å². The van der Waals surface area contributed by atoms with Crippen molar-refractivity contribution < 1.29 is 18.7 Å². The van der Waals surface area contributed by atoms with Crippen molar-refractivity contribution in [2.24, 2.45) is 5.92 Å². The topological polar surface area (TPSA) is 84.7 Å². The Bertz CT molecular complexity index is 1040. The zero-order valence-electron chi connectivity index (χ0n) is 18.6. The Balaban J connectivity index is 1.28. The fourth-order valence-corrected chi connectivity index (χ4v) is 4.13. The number of ether oxygens (including phenoxy) is 1. The van der Waals surface area contributed by atoms with Crippen molar-refractivity contribution in [1.29, 1.82) is 0 Å². The molecule has 7 heteroatoms. The van der Waals surface area contributed by atoms with Gasteiger partial charge in [-0.25, -0.2) is 0 Å². The molecule has 32 heavy (non-hydrogen) atoms. The van der Waals surface area contributed by atoms with Gasteiger partial charge in [0.05, 0.1) is 5.92 Å². The van der Waals surface area contributed by atoms with E-state index in [1.165, 1.54) is 0 Å². The summed E-state index contributed by atoms with van der Waals surface area (Å²) < 4.78 is 11.2. The number of rotatable bonds is 7. The number of anilines is 2. The van der Waals surface area contributed by atoms with Crippen LogP contribution < -0.4 is 10.2 Å². The minimum absolute atomic E-state index is 0.224. The molecule has 168 valence electrons. The minimum Gasteiger partial charge on any atom is -0.455 e. The highest BCUT2D eigenvalue weighted by molar-refractivity contribution is 5.94. The molecule has 3 aromatic rings. The molecule has 0 bridgehead atoms. The average Bonchev–Trinajstić information content (AvgIpc) is 3.27. The fraction of sp³-hybridized carbons (Fsp3) is 0.400. The lowest BCUT2D eigenvalue weighted by molar-refractivity contribution is -0.152. The van der Waals surface area contributed by atoms with E-state index < -0.39 is 0 Å². The van der Waals surface area contributed by atoms with E-state index in [1.54, 1.807) is 0 Å². The van der Waals surface area contributed by atoms with Crippen LogP contribution in [0.2, 0.25) is 0 Å². The number of fused-ring (bicyclic) bond motifs is 1. The molecular formula is C25H29N3O4. The standard InChI is InChI=1S/C25H29N3O4/c1-3-17-8-7-9-18(4-2)23(17)27-22(29)16-31-24(30)19-12-14-28(15-13-19)25-26-20-10-5-6-11-21(20)32-25/h5-11,19H,3-4,12-16H2,1-2H3,(H,27,29). The van der Waals surface area contributed by atoms with Crippen LogP contribution in [0.3, 0.4) is 0 Å². The lowest BCUT2D eigenvalue weighted by atomic mass is 9.97. The molecule has 1 aliphatic rings. The maximum Gasteiger partial charge on any atom is 0.309 e. The third-order valence-corrected chi connectivity index (χ3v) is 5.99. The Morgan fingerprint density at radius 1 is 1.06 bits per heavy atom. The summed E-state index contributed by atoms with van der Waals surface area (Å²) in [6, 6.07) is 14.2. The van der Waals surface area contributed by atoms with E-state index in [0.29, 0.717) is 31.9 Å². The summed E-state index contributed by atoms with van der Waals surface area (Å²) in [7, 11) is 0. The van der Waals surface area contributed by atoms with Gasteiger partial charge in [-0.1, -0.05) is 44.2 Å². The van der Waals surface area contributed by atoms with Gasteiger partial charge in [0, 0.05) is 18.8 Å². The first-order valence-electron chi connectivity index (χ1n) is 11.3. The largest absolute Gasteiger partial charge is 0.455 e. The van der Waals surface area contributed by atoms with Gasteiger partial charge < -0.3 is 19.4 Å². The lowest BCUT2D eigenvalue weighted by Crippen LogP contribution is -2.37. The van der Waals surface area contributed by atoms with Crippen LogP contribution in [0.1, 0.15) is 37.8 Å². The summed E-state index contributed by atoms with van der Waals surface area (Å²) >= 11 is 0. The molecule has 0 saturated carbocycles. The average molecular weight is 436 g/mol. The van der Waals surface area contributed by atoms with E-state index in [9.17, 15) is 9.59 Å². The number of benzene rings is 2. The fourth-order valence-electron chi connectivity index (χ4n) is 4.13. The number of hydrogen-bond acceptors (Lipinski definition) is 6. The predicted molar refractivity (Wildman–Crippen MR) is 124 cm³/mol.